The Morgan fingerprint density at radius 1 is 1.07 bits per heavy atom. The Hall–Kier alpha value is -2.33. The van der Waals surface area contributed by atoms with Gasteiger partial charge in [0.2, 0.25) is 0 Å². The third-order valence-corrected chi connectivity index (χ3v) is 6.76. The summed E-state index contributed by atoms with van der Waals surface area (Å²) in [5, 5.41) is 9.37. The Morgan fingerprint density at radius 3 is 2.45 bits per heavy atom. The maximum Gasteiger partial charge on any atom is 0.309 e. The first-order valence-corrected chi connectivity index (χ1v) is 10.7. The molecule has 29 heavy (non-hydrogen) atoms. The molecule has 0 aromatic heterocycles. The lowest BCUT2D eigenvalue weighted by molar-refractivity contribution is -0.147. The van der Waals surface area contributed by atoms with E-state index in [-0.39, 0.29) is 0 Å². The monoisotopic (exact) mass is 393 g/mol. The summed E-state index contributed by atoms with van der Waals surface area (Å²) < 4.78 is 6.15. The zero-order valence-electron chi connectivity index (χ0n) is 17.4. The number of para-hydroxylation sites is 1. The van der Waals surface area contributed by atoms with E-state index >= 15 is 0 Å². The molecule has 4 heteroatoms. The van der Waals surface area contributed by atoms with Gasteiger partial charge in [-0.2, -0.15) is 0 Å². The topological polar surface area (TPSA) is 49.8 Å². The number of hydrogen-bond acceptors (Lipinski definition) is 3. The number of benzene rings is 2. The van der Waals surface area contributed by atoms with Crippen LogP contribution < -0.4 is 4.74 Å². The molecule has 2 aromatic carbocycles. The second-order valence-electron chi connectivity index (χ2n) is 9.12. The molecule has 0 saturated carbocycles. The van der Waals surface area contributed by atoms with Crippen LogP contribution in [0.5, 0.6) is 5.75 Å². The lowest BCUT2D eigenvalue weighted by Gasteiger charge is -2.37. The number of hydrogen-bond donors (Lipinski definition) is 1. The van der Waals surface area contributed by atoms with Gasteiger partial charge >= 0.3 is 5.97 Å². The van der Waals surface area contributed by atoms with Gasteiger partial charge in [0, 0.05) is 11.5 Å². The van der Waals surface area contributed by atoms with Crippen LogP contribution in [0.3, 0.4) is 0 Å². The van der Waals surface area contributed by atoms with Crippen molar-refractivity contribution >= 4 is 5.97 Å². The number of carboxylic acid groups (broad SMARTS) is 1. The van der Waals surface area contributed by atoms with Gasteiger partial charge in [-0.3, -0.25) is 4.79 Å². The number of fused-ring (bicyclic) bond motifs is 2. The standard InChI is InChI=1S/C25H31NO3/c1-25(2,24(27)28)13-16-26-14-11-18(12-15-26)23-20-8-4-3-7-19(20)17-29-22-10-6-5-9-21(22)23/h3-10,18,23H,11-17H2,1-2H3,(H,27,28). The summed E-state index contributed by atoms with van der Waals surface area (Å²) >= 11 is 0. The highest BCUT2D eigenvalue weighted by atomic mass is 16.5. The van der Waals surface area contributed by atoms with E-state index in [9.17, 15) is 9.90 Å². The molecule has 1 unspecified atom stereocenters. The number of nitrogens with zero attached hydrogens (tertiary/aromatic N) is 1. The Morgan fingerprint density at radius 2 is 1.72 bits per heavy atom. The molecule has 4 nitrogen and oxygen atoms in total. The molecule has 2 aliphatic heterocycles. The van der Waals surface area contributed by atoms with Crippen molar-refractivity contribution < 1.29 is 14.6 Å². The van der Waals surface area contributed by atoms with Gasteiger partial charge in [-0.25, -0.2) is 0 Å². The molecular weight excluding hydrogens is 362 g/mol. The average Bonchev–Trinajstić information content (AvgIpc) is 2.90. The largest absolute Gasteiger partial charge is 0.489 e. The molecule has 154 valence electrons. The van der Waals surface area contributed by atoms with Crippen LogP contribution in [-0.4, -0.2) is 35.6 Å². The van der Waals surface area contributed by atoms with E-state index < -0.39 is 11.4 Å². The lowest BCUT2D eigenvalue weighted by atomic mass is 9.75. The van der Waals surface area contributed by atoms with E-state index in [1.54, 1.807) is 0 Å². The highest BCUT2D eigenvalue weighted by Gasteiger charge is 2.34. The van der Waals surface area contributed by atoms with Crippen LogP contribution in [0.1, 0.15) is 55.7 Å². The maximum absolute atomic E-state index is 11.4. The van der Waals surface area contributed by atoms with Crippen LogP contribution in [0, 0.1) is 11.3 Å². The first-order valence-electron chi connectivity index (χ1n) is 10.7. The molecule has 0 radical (unpaired) electrons. The quantitative estimate of drug-likeness (QED) is 0.783. The summed E-state index contributed by atoms with van der Waals surface area (Å²) in [5.74, 6) is 1.24. The zero-order valence-corrected chi connectivity index (χ0v) is 17.4. The Bertz CT molecular complexity index is 820. The lowest BCUT2D eigenvalue weighted by Crippen LogP contribution is -2.38. The van der Waals surface area contributed by atoms with Crippen molar-refractivity contribution in [1.82, 2.24) is 4.90 Å². The van der Waals surface area contributed by atoms with Gasteiger partial charge in [-0.1, -0.05) is 42.5 Å². The number of piperidine rings is 1. The zero-order chi connectivity index (χ0) is 20.4. The van der Waals surface area contributed by atoms with Crippen molar-refractivity contribution in [3.8, 4) is 5.75 Å². The Labute approximate surface area is 173 Å². The molecule has 1 atom stereocenters. The first-order chi connectivity index (χ1) is 14.0. The normalized spacial score (nSPS) is 20.3. The number of aliphatic carboxylic acids is 1. The first kappa shape index (κ1) is 20.0. The van der Waals surface area contributed by atoms with Crippen LogP contribution in [0.25, 0.3) is 0 Å². The van der Waals surface area contributed by atoms with Crippen molar-refractivity contribution in [2.75, 3.05) is 19.6 Å². The highest BCUT2D eigenvalue weighted by Crippen LogP contribution is 2.44. The molecule has 0 bridgehead atoms. The van der Waals surface area contributed by atoms with Gasteiger partial charge in [0.15, 0.2) is 0 Å². The summed E-state index contributed by atoms with van der Waals surface area (Å²) in [4.78, 5) is 13.8. The third-order valence-electron chi connectivity index (χ3n) is 6.76. The fraction of sp³-hybridized carbons (Fsp3) is 0.480. The Kier molecular flexibility index (Phi) is 5.64. The molecule has 2 aromatic rings. The van der Waals surface area contributed by atoms with Gasteiger partial charge in [0.05, 0.1) is 5.41 Å². The minimum absolute atomic E-state index is 0.363. The molecular formula is C25H31NO3. The van der Waals surface area contributed by atoms with E-state index in [0.717, 1.165) is 38.2 Å². The molecule has 1 fully saturated rings. The van der Waals surface area contributed by atoms with Gasteiger partial charge in [0.25, 0.3) is 0 Å². The van der Waals surface area contributed by atoms with E-state index in [1.807, 2.05) is 13.8 Å². The van der Waals surface area contributed by atoms with Crippen LogP contribution in [0.15, 0.2) is 48.5 Å². The summed E-state index contributed by atoms with van der Waals surface area (Å²) in [6, 6.07) is 17.2. The van der Waals surface area contributed by atoms with Gasteiger partial charge in [-0.05, 0) is 75.9 Å². The van der Waals surface area contributed by atoms with E-state index in [2.05, 4.69) is 53.4 Å². The van der Waals surface area contributed by atoms with E-state index in [0.29, 0.717) is 24.9 Å². The maximum atomic E-state index is 11.4. The summed E-state index contributed by atoms with van der Waals surface area (Å²) in [6.45, 7) is 7.19. The fourth-order valence-corrected chi connectivity index (χ4v) is 4.72. The van der Waals surface area contributed by atoms with Gasteiger partial charge < -0.3 is 14.7 Å². The van der Waals surface area contributed by atoms with E-state index in [1.165, 1.54) is 16.7 Å². The highest BCUT2D eigenvalue weighted by molar-refractivity contribution is 5.73. The Balaban J connectivity index is 1.50. The fourth-order valence-electron chi connectivity index (χ4n) is 4.72. The predicted octanol–water partition coefficient (Wildman–Crippen LogP) is 4.92. The van der Waals surface area contributed by atoms with Crippen LogP contribution in [-0.2, 0) is 11.4 Å². The number of likely N-dealkylation sites (tertiary alicyclic amines) is 1. The van der Waals surface area contributed by atoms with Crippen molar-refractivity contribution in [3.63, 3.8) is 0 Å². The van der Waals surface area contributed by atoms with Crippen LogP contribution >= 0.6 is 0 Å². The van der Waals surface area contributed by atoms with Crippen molar-refractivity contribution in [2.24, 2.45) is 11.3 Å². The van der Waals surface area contributed by atoms with Crippen LogP contribution in [0.4, 0.5) is 0 Å². The van der Waals surface area contributed by atoms with Crippen LogP contribution in [0.2, 0.25) is 0 Å². The van der Waals surface area contributed by atoms with E-state index in [4.69, 9.17) is 4.74 Å². The third kappa shape index (κ3) is 4.18. The summed E-state index contributed by atoms with van der Waals surface area (Å²) in [5.41, 5.74) is 3.35. The van der Waals surface area contributed by atoms with Crippen molar-refractivity contribution in [3.05, 3.63) is 65.2 Å². The smallest absolute Gasteiger partial charge is 0.309 e. The number of carboxylic acids is 1. The van der Waals surface area contributed by atoms with Crippen molar-refractivity contribution in [2.45, 2.75) is 45.6 Å². The van der Waals surface area contributed by atoms with Gasteiger partial charge in [-0.15, -0.1) is 0 Å². The minimum Gasteiger partial charge on any atom is -0.489 e. The molecule has 0 aliphatic carbocycles. The summed E-state index contributed by atoms with van der Waals surface area (Å²) in [7, 11) is 0. The molecule has 2 aliphatic rings. The SMILES string of the molecule is CC(C)(CCN1CCC(C2c3ccccc3COc3ccccc32)CC1)C(=O)O. The van der Waals surface area contributed by atoms with Gasteiger partial charge in [0.1, 0.15) is 12.4 Å². The van der Waals surface area contributed by atoms with Crippen molar-refractivity contribution in [1.29, 1.82) is 0 Å². The predicted molar refractivity (Wildman–Crippen MR) is 114 cm³/mol. The molecule has 4 rings (SSSR count). The molecule has 0 amide bonds. The molecule has 1 N–H and O–H groups in total. The second kappa shape index (κ2) is 8.19. The number of ether oxygens (including phenoxy) is 1. The number of rotatable bonds is 5. The minimum atomic E-state index is -0.709. The average molecular weight is 394 g/mol. The molecule has 0 spiro atoms. The molecule has 2 heterocycles. The number of carbonyl (C=O) groups is 1. The molecule has 1 saturated heterocycles. The summed E-state index contributed by atoms with van der Waals surface area (Å²) in [6.07, 6.45) is 2.94. The second-order valence-corrected chi connectivity index (χ2v) is 9.12.